The van der Waals surface area contributed by atoms with Crippen molar-refractivity contribution in [2.75, 3.05) is 42.5 Å². The van der Waals surface area contributed by atoms with E-state index in [1.54, 1.807) is 0 Å². The topological polar surface area (TPSA) is 52.6 Å². The van der Waals surface area contributed by atoms with Crippen LogP contribution in [0.5, 0.6) is 0 Å². The van der Waals surface area contributed by atoms with Crippen molar-refractivity contribution in [1.82, 2.24) is 15.1 Å². The normalized spacial score (nSPS) is 24.5. The molecule has 1 aromatic heterocycles. The summed E-state index contributed by atoms with van der Waals surface area (Å²) in [4.78, 5) is 19.3. The quantitative estimate of drug-likeness (QED) is 0.794. The zero-order chi connectivity index (χ0) is 19.3. The van der Waals surface area contributed by atoms with Crippen LogP contribution in [0.15, 0.2) is 12.1 Å². The molecule has 0 bridgehead atoms. The molecule has 6 nitrogen and oxygen atoms in total. The van der Waals surface area contributed by atoms with Crippen LogP contribution in [-0.4, -0.2) is 59.8 Å². The molecular formula is C22H35N5O. The van der Waals surface area contributed by atoms with Crippen LogP contribution in [0, 0.1) is 5.92 Å². The lowest BCUT2D eigenvalue weighted by atomic mass is 9.86. The zero-order valence-electron chi connectivity index (χ0n) is 17.4. The summed E-state index contributed by atoms with van der Waals surface area (Å²) in [5, 5.41) is 9.02. The fourth-order valence-corrected chi connectivity index (χ4v) is 5.03. The van der Waals surface area contributed by atoms with Crippen molar-refractivity contribution in [1.29, 1.82) is 0 Å². The van der Waals surface area contributed by atoms with Gasteiger partial charge >= 0.3 is 0 Å². The van der Waals surface area contributed by atoms with Crippen molar-refractivity contribution in [2.45, 2.75) is 70.8 Å². The van der Waals surface area contributed by atoms with Crippen molar-refractivity contribution >= 4 is 17.5 Å². The number of rotatable bonds is 4. The number of hydrogen-bond acceptors (Lipinski definition) is 5. The standard InChI is InChI=1S/C22H35N5O/c1-18-7-5-6-12-27(18)21-11-10-20(23-24-21)25-13-15-26(16-14-25)22(28)17-19-8-3-2-4-9-19/h10-11,18-19H,2-9,12-17H2,1H3. The van der Waals surface area contributed by atoms with E-state index in [0.717, 1.165) is 50.8 Å². The van der Waals surface area contributed by atoms with Crippen LogP contribution in [-0.2, 0) is 4.79 Å². The highest BCUT2D eigenvalue weighted by atomic mass is 16.2. The third kappa shape index (κ3) is 4.58. The second-order valence-electron chi connectivity index (χ2n) is 8.86. The molecule has 4 rings (SSSR count). The highest BCUT2D eigenvalue weighted by Gasteiger charge is 2.25. The molecule has 1 aliphatic carbocycles. The summed E-state index contributed by atoms with van der Waals surface area (Å²) in [6.45, 7) is 6.67. The molecule has 0 spiro atoms. The van der Waals surface area contributed by atoms with Crippen molar-refractivity contribution in [2.24, 2.45) is 5.92 Å². The van der Waals surface area contributed by atoms with E-state index in [2.05, 4.69) is 44.0 Å². The Bertz CT molecular complexity index is 635. The fourth-order valence-electron chi connectivity index (χ4n) is 5.03. The number of piperazine rings is 1. The molecule has 0 N–H and O–H groups in total. The minimum atomic E-state index is 0.354. The molecule has 1 amide bonds. The molecule has 1 aromatic rings. The maximum atomic E-state index is 12.6. The summed E-state index contributed by atoms with van der Waals surface area (Å²) < 4.78 is 0. The summed E-state index contributed by atoms with van der Waals surface area (Å²) in [7, 11) is 0. The lowest BCUT2D eigenvalue weighted by Gasteiger charge is -2.37. The van der Waals surface area contributed by atoms with Crippen molar-refractivity contribution in [3.63, 3.8) is 0 Å². The minimum absolute atomic E-state index is 0.354. The predicted molar refractivity (Wildman–Crippen MR) is 113 cm³/mol. The molecule has 1 unspecified atom stereocenters. The lowest BCUT2D eigenvalue weighted by Crippen LogP contribution is -2.49. The average molecular weight is 386 g/mol. The molecule has 0 aromatic carbocycles. The monoisotopic (exact) mass is 385 g/mol. The smallest absolute Gasteiger partial charge is 0.222 e. The first kappa shape index (κ1) is 19.5. The van der Waals surface area contributed by atoms with E-state index in [1.165, 1.54) is 51.4 Å². The molecule has 2 saturated heterocycles. The van der Waals surface area contributed by atoms with Crippen LogP contribution >= 0.6 is 0 Å². The molecule has 3 aliphatic rings. The van der Waals surface area contributed by atoms with Crippen LogP contribution in [0.2, 0.25) is 0 Å². The molecule has 3 heterocycles. The van der Waals surface area contributed by atoms with E-state index >= 15 is 0 Å². The van der Waals surface area contributed by atoms with Gasteiger partial charge in [0, 0.05) is 45.2 Å². The third-order valence-corrected chi connectivity index (χ3v) is 6.88. The Morgan fingerprint density at radius 3 is 2.25 bits per heavy atom. The Hall–Kier alpha value is -1.85. The Morgan fingerprint density at radius 1 is 0.893 bits per heavy atom. The number of carbonyl (C=O) groups is 1. The maximum Gasteiger partial charge on any atom is 0.222 e. The number of hydrogen-bond donors (Lipinski definition) is 0. The number of carbonyl (C=O) groups excluding carboxylic acids is 1. The molecule has 6 heteroatoms. The molecule has 154 valence electrons. The van der Waals surface area contributed by atoms with Gasteiger partial charge in [0.05, 0.1) is 0 Å². The van der Waals surface area contributed by atoms with Crippen LogP contribution < -0.4 is 9.80 Å². The summed E-state index contributed by atoms with van der Waals surface area (Å²) >= 11 is 0. The second-order valence-corrected chi connectivity index (χ2v) is 8.86. The number of amides is 1. The van der Waals surface area contributed by atoms with Gasteiger partial charge in [-0.3, -0.25) is 4.79 Å². The highest BCUT2D eigenvalue weighted by Crippen LogP contribution is 2.27. The van der Waals surface area contributed by atoms with Gasteiger partial charge in [0.15, 0.2) is 11.6 Å². The average Bonchev–Trinajstić information content (AvgIpc) is 2.75. The van der Waals surface area contributed by atoms with E-state index in [0.29, 0.717) is 17.9 Å². The summed E-state index contributed by atoms with van der Waals surface area (Å²) in [6, 6.07) is 4.76. The van der Waals surface area contributed by atoms with Gasteiger partial charge in [0.2, 0.25) is 5.91 Å². The Kier molecular flexibility index (Phi) is 6.33. The molecular weight excluding hydrogens is 350 g/mol. The summed E-state index contributed by atoms with van der Waals surface area (Å²) in [5.41, 5.74) is 0. The fraction of sp³-hybridized carbons (Fsp3) is 0.773. The molecule has 1 saturated carbocycles. The van der Waals surface area contributed by atoms with Gasteiger partial charge in [-0.05, 0) is 57.1 Å². The molecule has 0 radical (unpaired) electrons. The van der Waals surface area contributed by atoms with E-state index in [9.17, 15) is 4.79 Å². The van der Waals surface area contributed by atoms with E-state index in [-0.39, 0.29) is 0 Å². The van der Waals surface area contributed by atoms with Gasteiger partial charge in [0.1, 0.15) is 0 Å². The van der Waals surface area contributed by atoms with E-state index < -0.39 is 0 Å². The molecule has 2 aliphatic heterocycles. The highest BCUT2D eigenvalue weighted by molar-refractivity contribution is 5.76. The van der Waals surface area contributed by atoms with Crippen LogP contribution in [0.4, 0.5) is 11.6 Å². The van der Waals surface area contributed by atoms with E-state index in [1.807, 2.05) is 0 Å². The first-order valence-electron chi connectivity index (χ1n) is 11.3. The Labute approximate surface area is 169 Å². The van der Waals surface area contributed by atoms with E-state index in [4.69, 9.17) is 0 Å². The van der Waals surface area contributed by atoms with Gasteiger partial charge in [-0.1, -0.05) is 19.3 Å². The van der Waals surface area contributed by atoms with Crippen molar-refractivity contribution in [3.8, 4) is 0 Å². The van der Waals surface area contributed by atoms with Crippen LogP contribution in [0.1, 0.15) is 64.7 Å². The molecule has 28 heavy (non-hydrogen) atoms. The van der Waals surface area contributed by atoms with Crippen LogP contribution in [0.3, 0.4) is 0 Å². The SMILES string of the molecule is CC1CCCCN1c1ccc(N2CCN(C(=O)CC3CCCCC3)CC2)nn1. The zero-order valence-corrected chi connectivity index (χ0v) is 17.4. The Balaban J connectivity index is 1.28. The minimum Gasteiger partial charge on any atom is -0.352 e. The van der Waals surface area contributed by atoms with Gasteiger partial charge in [-0.15, -0.1) is 10.2 Å². The lowest BCUT2D eigenvalue weighted by molar-refractivity contribution is -0.132. The number of piperidine rings is 1. The largest absolute Gasteiger partial charge is 0.352 e. The molecule has 1 atom stereocenters. The molecule has 3 fully saturated rings. The first-order chi connectivity index (χ1) is 13.7. The predicted octanol–water partition coefficient (Wildman–Crippen LogP) is 3.47. The third-order valence-electron chi connectivity index (χ3n) is 6.88. The van der Waals surface area contributed by atoms with Crippen LogP contribution in [0.25, 0.3) is 0 Å². The van der Waals surface area contributed by atoms with Gasteiger partial charge in [-0.25, -0.2) is 0 Å². The van der Waals surface area contributed by atoms with Crippen molar-refractivity contribution < 1.29 is 4.79 Å². The Morgan fingerprint density at radius 2 is 1.57 bits per heavy atom. The number of anilines is 2. The van der Waals surface area contributed by atoms with Gasteiger partial charge in [0.25, 0.3) is 0 Å². The number of aromatic nitrogens is 2. The number of nitrogens with zero attached hydrogens (tertiary/aromatic N) is 5. The summed E-state index contributed by atoms with van der Waals surface area (Å²) in [6.07, 6.45) is 11.0. The first-order valence-corrected chi connectivity index (χ1v) is 11.3. The maximum absolute atomic E-state index is 12.6. The second kappa shape index (κ2) is 9.10. The van der Waals surface area contributed by atoms with Gasteiger partial charge < -0.3 is 14.7 Å². The van der Waals surface area contributed by atoms with Crippen molar-refractivity contribution in [3.05, 3.63) is 12.1 Å². The van der Waals surface area contributed by atoms with Gasteiger partial charge in [-0.2, -0.15) is 0 Å². The summed E-state index contributed by atoms with van der Waals surface area (Å²) in [5.74, 6) is 2.91.